The van der Waals surface area contributed by atoms with Crippen molar-refractivity contribution >= 4 is 39.9 Å². The van der Waals surface area contributed by atoms with Crippen LogP contribution in [0.25, 0.3) is 11.0 Å². The van der Waals surface area contributed by atoms with Gasteiger partial charge < -0.3 is 14.8 Å². The molecule has 25 heavy (non-hydrogen) atoms. The van der Waals surface area contributed by atoms with Crippen LogP contribution in [0.5, 0.6) is 0 Å². The normalized spacial score (nSPS) is 10.9. The zero-order chi connectivity index (χ0) is 18.0. The van der Waals surface area contributed by atoms with Gasteiger partial charge in [-0.25, -0.2) is 4.98 Å². The highest BCUT2D eigenvalue weighted by molar-refractivity contribution is 6.34. The molecule has 2 aromatic carbocycles. The third-order valence-corrected chi connectivity index (χ3v) is 4.36. The molecule has 130 valence electrons. The Morgan fingerprint density at radius 2 is 1.96 bits per heavy atom. The summed E-state index contributed by atoms with van der Waals surface area (Å²) in [6.07, 6.45) is 0.766. The summed E-state index contributed by atoms with van der Waals surface area (Å²) in [7, 11) is 3.80. The van der Waals surface area contributed by atoms with E-state index in [2.05, 4.69) is 10.3 Å². The second kappa shape index (κ2) is 7.15. The summed E-state index contributed by atoms with van der Waals surface area (Å²) in [5.74, 6) is 0.790. The maximum absolute atomic E-state index is 12.7. The standard InChI is InChI=1S/C19H21ClN4O/c1-4-17-21-14-9-5-6-11-16(14)24(17)12-18(25)22-15-10-7-8-13(20)19(15)23(2)3/h5-11H,4,12H2,1-3H3,(H,22,25). The van der Waals surface area contributed by atoms with E-state index in [-0.39, 0.29) is 12.5 Å². The van der Waals surface area contributed by atoms with E-state index in [1.165, 1.54) is 0 Å². The Hall–Kier alpha value is -2.53. The summed E-state index contributed by atoms with van der Waals surface area (Å²) in [5.41, 5.74) is 3.37. The summed E-state index contributed by atoms with van der Waals surface area (Å²) < 4.78 is 1.96. The second-order valence-electron chi connectivity index (χ2n) is 6.04. The average Bonchev–Trinajstić information content (AvgIpc) is 2.92. The number of amides is 1. The number of hydrogen-bond donors (Lipinski definition) is 1. The Labute approximate surface area is 152 Å². The first-order chi connectivity index (χ1) is 12.0. The van der Waals surface area contributed by atoms with Crippen molar-refractivity contribution in [2.45, 2.75) is 19.9 Å². The largest absolute Gasteiger partial charge is 0.375 e. The molecule has 5 nitrogen and oxygen atoms in total. The minimum absolute atomic E-state index is 0.108. The number of halogens is 1. The van der Waals surface area contributed by atoms with Gasteiger partial charge in [-0.3, -0.25) is 4.79 Å². The summed E-state index contributed by atoms with van der Waals surface area (Å²) in [5, 5.41) is 3.58. The van der Waals surface area contributed by atoms with Gasteiger partial charge in [0.2, 0.25) is 5.91 Å². The maximum atomic E-state index is 12.7. The molecular weight excluding hydrogens is 336 g/mol. The van der Waals surface area contributed by atoms with Gasteiger partial charge >= 0.3 is 0 Å². The van der Waals surface area contributed by atoms with Crippen molar-refractivity contribution < 1.29 is 4.79 Å². The zero-order valence-electron chi connectivity index (χ0n) is 14.6. The number of rotatable bonds is 5. The SMILES string of the molecule is CCc1nc2ccccc2n1CC(=O)Nc1cccc(Cl)c1N(C)C. The van der Waals surface area contributed by atoms with Crippen molar-refractivity contribution in [3.05, 3.63) is 53.3 Å². The van der Waals surface area contributed by atoms with Crippen molar-refractivity contribution in [2.75, 3.05) is 24.3 Å². The van der Waals surface area contributed by atoms with E-state index >= 15 is 0 Å². The van der Waals surface area contributed by atoms with Gasteiger partial charge in [-0.05, 0) is 24.3 Å². The summed E-state index contributed by atoms with van der Waals surface area (Å²) in [6, 6.07) is 13.4. The van der Waals surface area contributed by atoms with Crippen molar-refractivity contribution in [3.8, 4) is 0 Å². The van der Waals surface area contributed by atoms with Crippen molar-refractivity contribution in [2.24, 2.45) is 0 Å². The first-order valence-electron chi connectivity index (χ1n) is 8.21. The van der Waals surface area contributed by atoms with E-state index in [1.54, 1.807) is 0 Å². The van der Waals surface area contributed by atoms with E-state index in [9.17, 15) is 4.79 Å². The smallest absolute Gasteiger partial charge is 0.244 e. The van der Waals surface area contributed by atoms with Gasteiger partial charge in [0, 0.05) is 20.5 Å². The predicted octanol–water partition coefficient (Wildman–Crippen LogP) is 3.96. The van der Waals surface area contributed by atoms with Gasteiger partial charge in [-0.15, -0.1) is 0 Å². The Balaban J connectivity index is 1.89. The highest BCUT2D eigenvalue weighted by atomic mass is 35.5. The fourth-order valence-electron chi connectivity index (χ4n) is 2.98. The molecule has 0 atom stereocenters. The van der Waals surface area contributed by atoms with E-state index in [0.717, 1.165) is 29.0 Å². The summed E-state index contributed by atoms with van der Waals surface area (Å²) in [4.78, 5) is 19.2. The topological polar surface area (TPSA) is 50.2 Å². The number of aryl methyl sites for hydroxylation is 1. The molecule has 0 aliphatic rings. The lowest BCUT2D eigenvalue weighted by Crippen LogP contribution is -2.22. The second-order valence-corrected chi connectivity index (χ2v) is 6.44. The Morgan fingerprint density at radius 3 is 2.68 bits per heavy atom. The fourth-order valence-corrected chi connectivity index (χ4v) is 3.32. The molecule has 0 fully saturated rings. The lowest BCUT2D eigenvalue weighted by Gasteiger charge is -2.19. The first-order valence-corrected chi connectivity index (χ1v) is 8.59. The molecule has 0 radical (unpaired) electrons. The number of carbonyl (C=O) groups excluding carboxylic acids is 1. The number of aromatic nitrogens is 2. The van der Waals surface area contributed by atoms with Gasteiger partial charge in [0.05, 0.1) is 27.4 Å². The summed E-state index contributed by atoms with van der Waals surface area (Å²) >= 11 is 6.27. The first kappa shape index (κ1) is 17.3. The molecule has 0 spiro atoms. The number of nitrogens with one attached hydrogen (secondary N) is 1. The van der Waals surface area contributed by atoms with E-state index in [0.29, 0.717) is 10.7 Å². The Bertz CT molecular complexity index is 917. The third-order valence-electron chi connectivity index (χ3n) is 4.06. The number of para-hydroxylation sites is 3. The fraction of sp³-hybridized carbons (Fsp3) is 0.263. The number of nitrogens with zero attached hydrogens (tertiary/aromatic N) is 3. The molecule has 0 unspecified atom stereocenters. The molecule has 0 saturated carbocycles. The molecule has 1 N–H and O–H groups in total. The van der Waals surface area contributed by atoms with Gasteiger partial charge in [0.15, 0.2) is 0 Å². The van der Waals surface area contributed by atoms with Crippen LogP contribution in [-0.4, -0.2) is 29.6 Å². The van der Waals surface area contributed by atoms with Crippen LogP contribution in [0.2, 0.25) is 5.02 Å². The molecule has 0 aliphatic heterocycles. The van der Waals surface area contributed by atoms with E-state index in [4.69, 9.17) is 11.6 Å². The Kier molecular flexibility index (Phi) is 4.95. The van der Waals surface area contributed by atoms with E-state index in [1.807, 2.05) is 73.0 Å². The highest BCUT2D eigenvalue weighted by Crippen LogP contribution is 2.32. The number of carbonyl (C=O) groups is 1. The molecule has 0 saturated heterocycles. The number of anilines is 2. The maximum Gasteiger partial charge on any atom is 0.244 e. The van der Waals surface area contributed by atoms with Crippen LogP contribution in [0.3, 0.4) is 0 Å². The van der Waals surface area contributed by atoms with Gasteiger partial charge in [-0.1, -0.05) is 36.7 Å². The van der Waals surface area contributed by atoms with Crippen molar-refractivity contribution in [3.63, 3.8) is 0 Å². The monoisotopic (exact) mass is 356 g/mol. The molecule has 6 heteroatoms. The van der Waals surface area contributed by atoms with E-state index < -0.39 is 0 Å². The minimum Gasteiger partial charge on any atom is -0.375 e. The van der Waals surface area contributed by atoms with Crippen molar-refractivity contribution in [1.29, 1.82) is 0 Å². The Morgan fingerprint density at radius 1 is 1.20 bits per heavy atom. The molecule has 1 heterocycles. The van der Waals surface area contributed by atoms with Crippen LogP contribution in [0.1, 0.15) is 12.7 Å². The van der Waals surface area contributed by atoms with Gasteiger partial charge in [0.1, 0.15) is 12.4 Å². The average molecular weight is 357 g/mol. The van der Waals surface area contributed by atoms with Crippen LogP contribution in [0, 0.1) is 0 Å². The van der Waals surface area contributed by atoms with Crippen LogP contribution >= 0.6 is 11.6 Å². The van der Waals surface area contributed by atoms with Crippen LogP contribution in [0.4, 0.5) is 11.4 Å². The minimum atomic E-state index is -0.108. The van der Waals surface area contributed by atoms with Crippen LogP contribution < -0.4 is 10.2 Å². The third kappa shape index (κ3) is 3.46. The number of imidazole rings is 1. The number of hydrogen-bond acceptors (Lipinski definition) is 3. The van der Waals surface area contributed by atoms with Gasteiger partial charge in [0.25, 0.3) is 0 Å². The predicted molar refractivity (Wildman–Crippen MR) is 104 cm³/mol. The molecule has 1 aromatic heterocycles. The van der Waals surface area contributed by atoms with Crippen LogP contribution in [-0.2, 0) is 17.8 Å². The summed E-state index contributed by atoms with van der Waals surface area (Å²) in [6.45, 7) is 2.25. The lowest BCUT2D eigenvalue weighted by atomic mass is 10.2. The molecule has 0 aliphatic carbocycles. The number of fused-ring (bicyclic) bond motifs is 1. The molecular formula is C19H21ClN4O. The molecule has 0 bridgehead atoms. The molecule has 1 amide bonds. The lowest BCUT2D eigenvalue weighted by molar-refractivity contribution is -0.116. The van der Waals surface area contributed by atoms with Crippen LogP contribution in [0.15, 0.2) is 42.5 Å². The van der Waals surface area contributed by atoms with Crippen molar-refractivity contribution in [1.82, 2.24) is 9.55 Å². The zero-order valence-corrected chi connectivity index (χ0v) is 15.3. The molecule has 3 rings (SSSR count). The van der Waals surface area contributed by atoms with Gasteiger partial charge in [-0.2, -0.15) is 0 Å². The molecule has 3 aromatic rings. The number of benzene rings is 2. The highest BCUT2D eigenvalue weighted by Gasteiger charge is 2.15. The quantitative estimate of drug-likeness (QED) is 0.752.